The minimum Gasteiger partial charge on any atom is -0.465 e. The quantitative estimate of drug-likeness (QED) is 0.205. The van der Waals surface area contributed by atoms with Crippen LogP contribution in [0.1, 0.15) is 58.1 Å². The second-order valence-corrected chi connectivity index (χ2v) is 8.28. The largest absolute Gasteiger partial charge is 0.465 e. The van der Waals surface area contributed by atoms with E-state index in [4.69, 9.17) is 14.1 Å². The summed E-state index contributed by atoms with van der Waals surface area (Å²) in [6.07, 6.45) is 2.02. The second-order valence-electron chi connectivity index (χ2n) is 8.28. The summed E-state index contributed by atoms with van der Waals surface area (Å²) in [5, 5.41) is 9.26. The molecule has 1 unspecified atom stereocenters. The van der Waals surface area contributed by atoms with Crippen LogP contribution >= 0.6 is 24.0 Å². The number of halogens is 1. The normalized spacial score (nSPS) is 16.0. The van der Waals surface area contributed by atoms with Crippen molar-refractivity contribution < 1.29 is 13.9 Å². The van der Waals surface area contributed by atoms with Crippen LogP contribution in [0.5, 0.6) is 0 Å². The van der Waals surface area contributed by atoms with Gasteiger partial charge < -0.3 is 25.1 Å². The first-order chi connectivity index (χ1) is 13.8. The van der Waals surface area contributed by atoms with E-state index in [1.54, 1.807) is 0 Å². The molecule has 0 saturated carbocycles. The summed E-state index contributed by atoms with van der Waals surface area (Å²) in [6, 6.07) is 4.20. The summed E-state index contributed by atoms with van der Waals surface area (Å²) in [5.41, 5.74) is -0.497. The Labute approximate surface area is 197 Å². The summed E-state index contributed by atoms with van der Waals surface area (Å²) in [4.78, 5) is 18.9. The van der Waals surface area contributed by atoms with E-state index in [1.807, 2.05) is 40.7 Å². The number of alkyl carbamates (subject to hydrolysis) is 1. The highest BCUT2D eigenvalue weighted by atomic mass is 127. The smallest absolute Gasteiger partial charge is 0.407 e. The Morgan fingerprint density at radius 2 is 1.87 bits per heavy atom. The molecule has 0 aliphatic carbocycles. The third-order valence-corrected chi connectivity index (χ3v) is 4.52. The molecule has 1 aromatic rings. The molecular weight excluding hydrogens is 497 g/mol. The Hall–Kier alpha value is -1.49. The molecule has 1 aliphatic rings. The lowest BCUT2D eigenvalue weighted by Crippen LogP contribution is -2.43. The molecule has 2 heterocycles. The standard InChI is InChI=1S/C21H37N5O3.HI/c1-6-22-19(23-11-12-24-20(27)29-21(3,4)5)25-15-17(26-13-7-8-14-26)18-10-9-16(2)28-18;/h9-10,17H,6-8,11-15H2,1-5H3,(H,24,27)(H2,22,23,25);1H. The van der Waals surface area contributed by atoms with Crippen molar-refractivity contribution in [1.29, 1.82) is 0 Å². The van der Waals surface area contributed by atoms with Gasteiger partial charge in [0, 0.05) is 19.6 Å². The van der Waals surface area contributed by atoms with Crippen molar-refractivity contribution in [3.05, 3.63) is 23.7 Å². The van der Waals surface area contributed by atoms with Gasteiger partial charge in [0.15, 0.2) is 5.96 Å². The van der Waals surface area contributed by atoms with Gasteiger partial charge in [-0.1, -0.05) is 0 Å². The van der Waals surface area contributed by atoms with Crippen molar-refractivity contribution in [2.45, 2.75) is 59.1 Å². The van der Waals surface area contributed by atoms with Crippen molar-refractivity contribution in [2.75, 3.05) is 39.3 Å². The van der Waals surface area contributed by atoms with E-state index in [9.17, 15) is 4.79 Å². The van der Waals surface area contributed by atoms with Crippen molar-refractivity contribution in [3.8, 4) is 0 Å². The molecule has 2 rings (SSSR count). The van der Waals surface area contributed by atoms with E-state index in [2.05, 4.69) is 26.9 Å². The number of carbonyl (C=O) groups is 1. The summed E-state index contributed by atoms with van der Waals surface area (Å²) >= 11 is 0. The Morgan fingerprint density at radius 3 is 2.43 bits per heavy atom. The fourth-order valence-corrected chi connectivity index (χ4v) is 3.25. The number of nitrogens with one attached hydrogen (secondary N) is 3. The molecule has 30 heavy (non-hydrogen) atoms. The Bertz CT molecular complexity index is 666. The van der Waals surface area contributed by atoms with Crippen molar-refractivity contribution in [2.24, 2.45) is 4.99 Å². The van der Waals surface area contributed by atoms with E-state index in [1.165, 1.54) is 12.8 Å². The monoisotopic (exact) mass is 535 g/mol. The molecule has 0 aromatic carbocycles. The predicted octanol–water partition coefficient (Wildman–Crippen LogP) is 3.42. The van der Waals surface area contributed by atoms with Gasteiger partial charge in [-0.25, -0.2) is 4.79 Å². The molecule has 0 bridgehead atoms. The minimum absolute atomic E-state index is 0. The van der Waals surface area contributed by atoms with Crippen LogP contribution in [0.2, 0.25) is 0 Å². The average molecular weight is 535 g/mol. The summed E-state index contributed by atoms with van der Waals surface area (Å²) < 4.78 is 11.1. The molecule has 1 aromatic heterocycles. The maximum atomic E-state index is 11.7. The van der Waals surface area contributed by atoms with Gasteiger partial charge in [0.2, 0.25) is 0 Å². The molecule has 0 spiro atoms. The number of rotatable bonds is 8. The number of aliphatic imine (C=N–C) groups is 1. The molecule has 172 valence electrons. The zero-order valence-electron chi connectivity index (χ0n) is 18.9. The number of guanidine groups is 1. The van der Waals surface area contributed by atoms with Crippen LogP contribution < -0.4 is 16.0 Å². The molecule has 1 fully saturated rings. The number of nitrogens with zero attached hydrogens (tertiary/aromatic N) is 2. The van der Waals surface area contributed by atoms with E-state index in [0.29, 0.717) is 19.6 Å². The highest BCUT2D eigenvalue weighted by Gasteiger charge is 2.25. The molecule has 1 saturated heterocycles. The maximum Gasteiger partial charge on any atom is 0.407 e. The van der Waals surface area contributed by atoms with Gasteiger partial charge in [0.1, 0.15) is 17.1 Å². The number of aryl methyl sites for hydroxylation is 1. The number of amides is 1. The number of ether oxygens (including phenoxy) is 1. The van der Waals surface area contributed by atoms with Gasteiger partial charge in [-0.05, 0) is 72.7 Å². The second kappa shape index (κ2) is 13.0. The molecule has 1 atom stereocenters. The lowest BCUT2D eigenvalue weighted by Gasteiger charge is -2.24. The van der Waals surface area contributed by atoms with Gasteiger partial charge in [-0.15, -0.1) is 24.0 Å². The Morgan fingerprint density at radius 1 is 1.20 bits per heavy atom. The van der Waals surface area contributed by atoms with Gasteiger partial charge in [-0.3, -0.25) is 9.89 Å². The lowest BCUT2D eigenvalue weighted by atomic mass is 10.2. The highest BCUT2D eigenvalue weighted by Crippen LogP contribution is 2.26. The van der Waals surface area contributed by atoms with Crippen LogP contribution in [0.4, 0.5) is 4.79 Å². The number of hydrogen-bond donors (Lipinski definition) is 3. The molecule has 0 radical (unpaired) electrons. The summed E-state index contributed by atoms with van der Waals surface area (Å²) in [6.45, 7) is 14.1. The van der Waals surface area contributed by atoms with Crippen molar-refractivity contribution in [1.82, 2.24) is 20.9 Å². The van der Waals surface area contributed by atoms with E-state index < -0.39 is 11.7 Å². The lowest BCUT2D eigenvalue weighted by molar-refractivity contribution is 0.0529. The molecular formula is C21H38IN5O3. The molecule has 8 nitrogen and oxygen atoms in total. The maximum absolute atomic E-state index is 11.7. The van der Waals surface area contributed by atoms with Crippen LogP contribution in [0, 0.1) is 6.92 Å². The summed E-state index contributed by atoms with van der Waals surface area (Å²) in [5.74, 6) is 2.62. The van der Waals surface area contributed by atoms with Crippen LogP contribution in [0.25, 0.3) is 0 Å². The third kappa shape index (κ3) is 9.55. The third-order valence-electron chi connectivity index (χ3n) is 4.52. The number of furan rings is 1. The Balaban J connectivity index is 0.00000450. The molecule has 1 aliphatic heterocycles. The number of likely N-dealkylation sites (tertiary alicyclic amines) is 1. The zero-order chi connectivity index (χ0) is 21.3. The van der Waals surface area contributed by atoms with Gasteiger partial charge in [0.25, 0.3) is 0 Å². The van der Waals surface area contributed by atoms with Crippen LogP contribution in [-0.4, -0.2) is 61.8 Å². The van der Waals surface area contributed by atoms with Gasteiger partial charge >= 0.3 is 6.09 Å². The van der Waals surface area contributed by atoms with E-state index >= 15 is 0 Å². The van der Waals surface area contributed by atoms with E-state index in [-0.39, 0.29) is 30.0 Å². The predicted molar refractivity (Wildman–Crippen MR) is 131 cm³/mol. The minimum atomic E-state index is -0.497. The van der Waals surface area contributed by atoms with Crippen molar-refractivity contribution in [3.63, 3.8) is 0 Å². The van der Waals surface area contributed by atoms with E-state index in [0.717, 1.165) is 37.1 Å². The topological polar surface area (TPSA) is 91.1 Å². The van der Waals surface area contributed by atoms with Gasteiger partial charge in [-0.2, -0.15) is 0 Å². The van der Waals surface area contributed by atoms with Crippen LogP contribution in [-0.2, 0) is 4.74 Å². The SMILES string of the molecule is CCNC(=NCC(c1ccc(C)o1)N1CCCC1)NCCNC(=O)OC(C)(C)C.I. The molecule has 3 N–H and O–H groups in total. The van der Waals surface area contributed by atoms with Gasteiger partial charge in [0.05, 0.1) is 12.6 Å². The first-order valence-corrected chi connectivity index (χ1v) is 10.6. The highest BCUT2D eigenvalue weighted by molar-refractivity contribution is 14.0. The van der Waals surface area contributed by atoms with Crippen molar-refractivity contribution >= 4 is 36.0 Å². The fourth-order valence-electron chi connectivity index (χ4n) is 3.25. The number of hydrogen-bond acceptors (Lipinski definition) is 5. The molecule has 9 heteroatoms. The first kappa shape index (κ1) is 26.5. The van der Waals surface area contributed by atoms with Crippen LogP contribution in [0.3, 0.4) is 0 Å². The Kier molecular flexibility index (Phi) is 11.5. The van der Waals surface area contributed by atoms with Crippen LogP contribution in [0.15, 0.2) is 21.5 Å². The number of carbonyl (C=O) groups excluding carboxylic acids is 1. The summed E-state index contributed by atoms with van der Waals surface area (Å²) in [7, 11) is 0. The molecule has 1 amide bonds. The first-order valence-electron chi connectivity index (χ1n) is 10.6. The zero-order valence-corrected chi connectivity index (χ0v) is 21.2. The fraction of sp³-hybridized carbons (Fsp3) is 0.714. The average Bonchev–Trinajstić information content (AvgIpc) is 3.29.